The zero-order valence-electron chi connectivity index (χ0n) is 5.82. The van der Waals surface area contributed by atoms with Gasteiger partial charge in [-0.2, -0.15) is 0 Å². The molecule has 1 rings (SSSR count). The average molecular weight is 168 g/mol. The van der Waals surface area contributed by atoms with Gasteiger partial charge >= 0.3 is 0 Å². The number of rotatable bonds is 3. The third-order valence-corrected chi connectivity index (χ3v) is 1.28. The van der Waals surface area contributed by atoms with E-state index in [0.717, 1.165) is 5.56 Å². The lowest BCUT2D eigenvalue weighted by atomic mass is 10.3. The molecule has 1 heterocycles. The first-order chi connectivity index (χ1) is 5.33. The van der Waals surface area contributed by atoms with Crippen molar-refractivity contribution in [2.45, 2.75) is 6.54 Å². The summed E-state index contributed by atoms with van der Waals surface area (Å²) in [7, 11) is 0. The fraction of sp³-hybridized carbons (Fsp3) is 0.167. The number of hydrogen-bond acceptors (Lipinski definition) is 4. The Balaban J connectivity index is 2.58. The molecule has 0 fully saturated rings. The van der Waals surface area contributed by atoms with Gasteiger partial charge in [0, 0.05) is 24.5 Å². The normalized spacial score (nSPS) is 9.09. The Kier molecular flexibility index (Phi) is 2.74. The fourth-order valence-electron chi connectivity index (χ4n) is 0.616. The van der Waals surface area contributed by atoms with Crippen LogP contribution < -0.4 is 11.1 Å². The van der Waals surface area contributed by atoms with Crippen LogP contribution in [0, 0.1) is 0 Å². The molecule has 0 aliphatic heterocycles. The average Bonchev–Trinajstić information content (AvgIpc) is 2.04. The van der Waals surface area contributed by atoms with Crippen molar-refractivity contribution >= 4 is 23.7 Å². The third kappa shape index (κ3) is 2.46. The Bertz CT molecular complexity index is 233. The van der Waals surface area contributed by atoms with Gasteiger partial charge in [-0.1, -0.05) is 12.2 Å². The van der Waals surface area contributed by atoms with Crippen molar-refractivity contribution in [3.8, 4) is 0 Å². The molecule has 0 saturated carbocycles. The molecule has 0 aromatic carbocycles. The van der Waals surface area contributed by atoms with Crippen LogP contribution >= 0.6 is 12.2 Å². The maximum atomic E-state index is 5.28. The number of thiocarbonyl (C=S) groups is 1. The maximum absolute atomic E-state index is 5.28. The Morgan fingerprint density at radius 3 is 2.73 bits per heavy atom. The molecule has 0 amide bonds. The molecule has 1 aromatic rings. The van der Waals surface area contributed by atoms with E-state index < -0.39 is 0 Å². The van der Waals surface area contributed by atoms with Gasteiger partial charge in [0.15, 0.2) is 0 Å². The van der Waals surface area contributed by atoms with Gasteiger partial charge in [-0.3, -0.25) is 0 Å². The quantitative estimate of drug-likeness (QED) is 0.627. The van der Waals surface area contributed by atoms with Gasteiger partial charge in [0.2, 0.25) is 5.95 Å². The van der Waals surface area contributed by atoms with E-state index >= 15 is 0 Å². The van der Waals surface area contributed by atoms with Crippen LogP contribution in [0.25, 0.3) is 0 Å². The van der Waals surface area contributed by atoms with Gasteiger partial charge in [-0.05, 0) is 0 Å². The number of nitrogens with zero attached hydrogens (tertiary/aromatic N) is 2. The van der Waals surface area contributed by atoms with E-state index in [1.807, 2.05) is 0 Å². The van der Waals surface area contributed by atoms with E-state index in [0.29, 0.717) is 6.54 Å². The smallest absolute Gasteiger partial charge is 0.219 e. The van der Waals surface area contributed by atoms with Crippen molar-refractivity contribution < 1.29 is 0 Å². The van der Waals surface area contributed by atoms with Crippen LogP contribution in [-0.2, 0) is 6.54 Å². The van der Waals surface area contributed by atoms with Gasteiger partial charge in [0.25, 0.3) is 0 Å². The van der Waals surface area contributed by atoms with E-state index in [2.05, 4.69) is 27.5 Å². The lowest BCUT2D eigenvalue weighted by molar-refractivity contribution is 0.920. The summed E-state index contributed by atoms with van der Waals surface area (Å²) in [6.07, 6.45) is 3.32. The molecule has 11 heavy (non-hydrogen) atoms. The number of aromatic nitrogens is 2. The highest BCUT2D eigenvalue weighted by atomic mass is 32.1. The summed E-state index contributed by atoms with van der Waals surface area (Å²) in [6, 6.07) is 0. The van der Waals surface area contributed by atoms with Gasteiger partial charge < -0.3 is 11.1 Å². The summed E-state index contributed by atoms with van der Waals surface area (Å²) in [5, 5.41) is 2.85. The lowest BCUT2D eigenvalue weighted by Gasteiger charge is -1.98. The van der Waals surface area contributed by atoms with E-state index in [-0.39, 0.29) is 5.95 Å². The van der Waals surface area contributed by atoms with Crippen molar-refractivity contribution in [3.05, 3.63) is 18.0 Å². The Hall–Kier alpha value is -1.23. The largest absolute Gasteiger partial charge is 0.378 e. The SMILES string of the molecule is Nc1ncc(CNC=S)cn1. The molecule has 0 unspecified atom stereocenters. The Morgan fingerprint density at radius 1 is 1.55 bits per heavy atom. The summed E-state index contributed by atoms with van der Waals surface area (Å²) in [5.74, 6) is 0.288. The predicted octanol–water partition coefficient (Wildman–Crippen LogP) is 0.106. The standard InChI is InChI=1S/C6H8N4S/c7-6-9-2-5(3-10-6)1-8-4-11/h2-4H,1H2,(H,8,11)(H2,7,9,10). The minimum Gasteiger partial charge on any atom is -0.378 e. The van der Waals surface area contributed by atoms with Gasteiger partial charge in [-0.15, -0.1) is 0 Å². The van der Waals surface area contributed by atoms with Gasteiger partial charge in [-0.25, -0.2) is 9.97 Å². The number of nitrogen functional groups attached to an aromatic ring is 1. The second kappa shape index (κ2) is 3.82. The third-order valence-electron chi connectivity index (χ3n) is 1.11. The van der Waals surface area contributed by atoms with Crippen LogP contribution in [0.1, 0.15) is 5.56 Å². The summed E-state index contributed by atoms with van der Waals surface area (Å²) < 4.78 is 0. The molecule has 4 nitrogen and oxygen atoms in total. The highest BCUT2D eigenvalue weighted by molar-refractivity contribution is 7.78. The van der Waals surface area contributed by atoms with Crippen LogP contribution in [0.15, 0.2) is 12.4 Å². The van der Waals surface area contributed by atoms with Crippen LogP contribution in [0.5, 0.6) is 0 Å². The molecule has 0 aliphatic carbocycles. The summed E-state index contributed by atoms with van der Waals surface area (Å²) in [6.45, 7) is 0.643. The zero-order chi connectivity index (χ0) is 8.10. The van der Waals surface area contributed by atoms with E-state index in [1.165, 1.54) is 5.49 Å². The first-order valence-electron chi connectivity index (χ1n) is 3.06. The Morgan fingerprint density at radius 2 is 2.18 bits per heavy atom. The van der Waals surface area contributed by atoms with Crippen molar-refractivity contribution in [2.75, 3.05) is 5.73 Å². The van der Waals surface area contributed by atoms with Crippen molar-refractivity contribution in [1.82, 2.24) is 15.3 Å². The number of nitrogens with one attached hydrogen (secondary N) is 1. The van der Waals surface area contributed by atoms with Crippen LogP contribution in [0.4, 0.5) is 5.95 Å². The molecule has 58 valence electrons. The van der Waals surface area contributed by atoms with Crippen LogP contribution in [-0.4, -0.2) is 15.5 Å². The molecule has 0 spiro atoms. The zero-order valence-corrected chi connectivity index (χ0v) is 6.64. The first kappa shape index (κ1) is 7.87. The van der Waals surface area contributed by atoms with Crippen molar-refractivity contribution in [3.63, 3.8) is 0 Å². The summed E-state index contributed by atoms with van der Waals surface area (Å²) in [5.41, 5.74) is 7.70. The molecular weight excluding hydrogens is 160 g/mol. The van der Waals surface area contributed by atoms with Crippen molar-refractivity contribution in [2.24, 2.45) is 0 Å². The van der Waals surface area contributed by atoms with E-state index in [4.69, 9.17) is 5.73 Å². The predicted molar refractivity (Wildman–Crippen MR) is 46.9 cm³/mol. The summed E-state index contributed by atoms with van der Waals surface area (Å²) >= 11 is 4.58. The minimum atomic E-state index is 0.288. The van der Waals surface area contributed by atoms with Crippen LogP contribution in [0.2, 0.25) is 0 Å². The molecule has 0 radical (unpaired) electrons. The number of anilines is 1. The van der Waals surface area contributed by atoms with Gasteiger partial charge in [0.1, 0.15) is 0 Å². The fourth-order valence-corrected chi connectivity index (χ4v) is 0.699. The molecule has 5 heteroatoms. The van der Waals surface area contributed by atoms with E-state index in [1.54, 1.807) is 12.4 Å². The van der Waals surface area contributed by atoms with Gasteiger partial charge in [0.05, 0.1) is 5.49 Å². The van der Waals surface area contributed by atoms with Crippen LogP contribution in [0.3, 0.4) is 0 Å². The highest BCUT2D eigenvalue weighted by Gasteiger charge is 1.91. The topological polar surface area (TPSA) is 63.8 Å². The molecule has 0 atom stereocenters. The number of hydrogen-bond donors (Lipinski definition) is 2. The highest BCUT2D eigenvalue weighted by Crippen LogP contribution is 1.94. The van der Waals surface area contributed by atoms with Crippen molar-refractivity contribution in [1.29, 1.82) is 0 Å². The molecule has 1 aromatic heterocycles. The molecule has 3 N–H and O–H groups in total. The van der Waals surface area contributed by atoms with E-state index in [9.17, 15) is 0 Å². The molecule has 0 bridgehead atoms. The Labute approximate surface area is 69.8 Å². The second-order valence-electron chi connectivity index (χ2n) is 1.95. The minimum absolute atomic E-state index is 0.288. The molecular formula is C6H8N4S. The molecule has 0 saturated heterocycles. The first-order valence-corrected chi connectivity index (χ1v) is 3.53. The molecule has 0 aliphatic rings. The second-order valence-corrected chi connectivity index (χ2v) is 2.18. The monoisotopic (exact) mass is 168 g/mol. The number of nitrogens with two attached hydrogens (primary N) is 1. The maximum Gasteiger partial charge on any atom is 0.219 e. The summed E-state index contributed by atoms with van der Waals surface area (Å²) in [4.78, 5) is 7.62. The lowest BCUT2D eigenvalue weighted by Crippen LogP contribution is -2.09.